The van der Waals surface area contributed by atoms with E-state index in [2.05, 4.69) is 15.9 Å². The van der Waals surface area contributed by atoms with Crippen molar-refractivity contribution in [2.24, 2.45) is 5.73 Å². The van der Waals surface area contributed by atoms with Gasteiger partial charge in [0, 0.05) is 11.6 Å². The van der Waals surface area contributed by atoms with Gasteiger partial charge >= 0.3 is 0 Å². The van der Waals surface area contributed by atoms with E-state index in [0.29, 0.717) is 22.9 Å². The largest absolute Gasteiger partial charge is 0.457 e. The molecule has 0 bridgehead atoms. The Hall–Kier alpha value is -1.43. The Morgan fingerprint density at radius 3 is 2.52 bits per heavy atom. The summed E-state index contributed by atoms with van der Waals surface area (Å²) in [5.41, 5.74) is 7.65. The van der Waals surface area contributed by atoms with E-state index in [9.17, 15) is 0 Å². The van der Waals surface area contributed by atoms with Crippen LogP contribution in [0, 0.1) is 0 Å². The van der Waals surface area contributed by atoms with E-state index in [0.717, 1.165) is 16.6 Å². The normalized spacial score (nSPS) is 10.4. The highest BCUT2D eigenvalue weighted by atomic mass is 79.9. The summed E-state index contributed by atoms with van der Waals surface area (Å²) in [4.78, 5) is 0.308. The molecule has 0 aliphatic heterocycles. The highest BCUT2D eigenvalue weighted by Gasteiger charge is 2.08. The molecule has 5 heteroatoms. The van der Waals surface area contributed by atoms with Gasteiger partial charge in [0.1, 0.15) is 16.5 Å². The van der Waals surface area contributed by atoms with Crippen LogP contribution in [-0.2, 0) is 11.2 Å². The monoisotopic (exact) mass is 365 g/mol. The van der Waals surface area contributed by atoms with E-state index in [-0.39, 0.29) is 0 Å². The second-order valence-corrected chi connectivity index (χ2v) is 5.85. The predicted molar refractivity (Wildman–Crippen MR) is 92.1 cm³/mol. The number of halogens is 1. The molecule has 0 amide bonds. The summed E-state index contributed by atoms with van der Waals surface area (Å²) in [5, 5.41) is 0. The maximum Gasteiger partial charge on any atom is 0.137 e. The van der Waals surface area contributed by atoms with Crippen LogP contribution in [-0.4, -0.2) is 18.7 Å². The molecule has 3 nitrogen and oxygen atoms in total. The van der Waals surface area contributed by atoms with Crippen LogP contribution in [0.15, 0.2) is 46.9 Å². The Labute approximate surface area is 138 Å². The summed E-state index contributed by atoms with van der Waals surface area (Å²) in [6, 6.07) is 13.5. The van der Waals surface area contributed by atoms with E-state index in [1.807, 2.05) is 42.5 Å². The van der Waals surface area contributed by atoms with Gasteiger partial charge in [-0.25, -0.2) is 0 Å². The highest BCUT2D eigenvalue weighted by Crippen LogP contribution is 2.28. The van der Waals surface area contributed by atoms with E-state index < -0.39 is 0 Å². The van der Waals surface area contributed by atoms with E-state index >= 15 is 0 Å². The van der Waals surface area contributed by atoms with Crippen molar-refractivity contribution in [3.8, 4) is 11.5 Å². The number of thiocarbonyl (C=S) groups is 1. The van der Waals surface area contributed by atoms with Crippen LogP contribution in [0.25, 0.3) is 0 Å². The van der Waals surface area contributed by atoms with Gasteiger partial charge in [-0.05, 0) is 42.3 Å². The average Bonchev–Trinajstić information content (AvgIpc) is 2.48. The van der Waals surface area contributed by atoms with Gasteiger partial charge in [-0.2, -0.15) is 0 Å². The molecule has 0 radical (unpaired) electrons. The molecule has 2 aromatic rings. The molecule has 0 atom stereocenters. The van der Waals surface area contributed by atoms with Crippen molar-refractivity contribution >= 4 is 33.1 Å². The minimum atomic E-state index is 0.308. The molecular weight excluding hydrogens is 350 g/mol. The first-order valence-electron chi connectivity index (χ1n) is 6.45. The maximum absolute atomic E-state index is 5.87. The fraction of sp³-hybridized carbons (Fsp3) is 0.188. The van der Waals surface area contributed by atoms with Gasteiger partial charge < -0.3 is 15.2 Å². The quantitative estimate of drug-likeness (QED) is 0.783. The van der Waals surface area contributed by atoms with Crippen molar-refractivity contribution in [3.05, 3.63) is 58.1 Å². The first-order valence-corrected chi connectivity index (χ1v) is 7.65. The zero-order valence-electron chi connectivity index (χ0n) is 11.6. The zero-order chi connectivity index (χ0) is 15.2. The average molecular weight is 366 g/mol. The van der Waals surface area contributed by atoms with Gasteiger partial charge in [-0.3, -0.25) is 0 Å². The minimum Gasteiger partial charge on any atom is -0.457 e. The predicted octanol–water partition coefficient (Wildman–Crippen LogP) is 4.06. The van der Waals surface area contributed by atoms with Crippen LogP contribution in [0.1, 0.15) is 11.1 Å². The molecule has 110 valence electrons. The number of hydrogen-bond acceptors (Lipinski definition) is 3. The molecule has 0 spiro atoms. The molecule has 21 heavy (non-hydrogen) atoms. The van der Waals surface area contributed by atoms with Crippen molar-refractivity contribution in [2.45, 2.75) is 6.42 Å². The number of nitrogens with two attached hydrogens (primary N) is 1. The van der Waals surface area contributed by atoms with E-state index in [4.69, 9.17) is 27.4 Å². The molecule has 2 rings (SSSR count). The minimum absolute atomic E-state index is 0.308. The highest BCUT2D eigenvalue weighted by molar-refractivity contribution is 9.10. The van der Waals surface area contributed by atoms with Gasteiger partial charge in [0.25, 0.3) is 0 Å². The Morgan fingerprint density at radius 1 is 1.19 bits per heavy atom. The third-order valence-electron chi connectivity index (χ3n) is 2.95. The van der Waals surface area contributed by atoms with Gasteiger partial charge in [0.15, 0.2) is 0 Å². The number of ether oxygens (including phenoxy) is 2. The van der Waals surface area contributed by atoms with Crippen molar-refractivity contribution in [3.63, 3.8) is 0 Å². The van der Waals surface area contributed by atoms with E-state index in [1.165, 1.54) is 5.56 Å². The Kier molecular flexibility index (Phi) is 5.73. The smallest absolute Gasteiger partial charge is 0.137 e. The number of methoxy groups -OCH3 is 1. The molecule has 0 saturated carbocycles. The number of benzene rings is 2. The molecule has 0 aliphatic rings. The van der Waals surface area contributed by atoms with Crippen LogP contribution in [0.2, 0.25) is 0 Å². The fourth-order valence-corrected chi connectivity index (χ4v) is 2.38. The van der Waals surface area contributed by atoms with Gasteiger partial charge in [0.2, 0.25) is 0 Å². The third-order valence-corrected chi connectivity index (χ3v) is 3.67. The molecule has 0 saturated heterocycles. The summed E-state index contributed by atoms with van der Waals surface area (Å²) in [6.07, 6.45) is 0.882. The second kappa shape index (κ2) is 7.54. The third kappa shape index (κ3) is 4.52. The Bertz CT molecular complexity index is 629. The second-order valence-electron chi connectivity index (χ2n) is 4.49. The lowest BCUT2D eigenvalue weighted by molar-refractivity contribution is 0.202. The summed E-state index contributed by atoms with van der Waals surface area (Å²) in [7, 11) is 1.70. The maximum atomic E-state index is 5.87. The summed E-state index contributed by atoms with van der Waals surface area (Å²) >= 11 is 8.46. The SMILES string of the molecule is COCCc1ccc(Oc2ccc(Br)cc2C(N)=S)cc1. The summed E-state index contributed by atoms with van der Waals surface area (Å²) in [5.74, 6) is 1.39. The first kappa shape index (κ1) is 15.9. The molecule has 0 aromatic heterocycles. The van der Waals surface area contributed by atoms with Crippen LogP contribution in [0.5, 0.6) is 11.5 Å². The molecule has 2 aromatic carbocycles. The van der Waals surface area contributed by atoms with Crippen LogP contribution >= 0.6 is 28.1 Å². The van der Waals surface area contributed by atoms with Crippen LogP contribution in [0.3, 0.4) is 0 Å². The van der Waals surface area contributed by atoms with Gasteiger partial charge in [0.05, 0.1) is 12.2 Å². The molecular formula is C16H16BrNO2S. The van der Waals surface area contributed by atoms with Crippen molar-refractivity contribution in [1.29, 1.82) is 0 Å². The van der Waals surface area contributed by atoms with Gasteiger partial charge in [-0.15, -0.1) is 0 Å². The lowest BCUT2D eigenvalue weighted by Crippen LogP contribution is -2.10. The Balaban J connectivity index is 2.16. The molecule has 0 aliphatic carbocycles. The number of rotatable bonds is 6. The zero-order valence-corrected chi connectivity index (χ0v) is 14.0. The van der Waals surface area contributed by atoms with Crippen molar-refractivity contribution in [2.75, 3.05) is 13.7 Å². The van der Waals surface area contributed by atoms with Gasteiger partial charge in [-0.1, -0.05) is 40.3 Å². The van der Waals surface area contributed by atoms with Crippen molar-refractivity contribution < 1.29 is 9.47 Å². The van der Waals surface area contributed by atoms with E-state index in [1.54, 1.807) is 7.11 Å². The standard InChI is InChI=1S/C16H16BrNO2S/c1-19-9-8-11-2-5-13(6-3-11)20-15-7-4-12(17)10-14(15)16(18)21/h2-7,10H,8-9H2,1H3,(H2,18,21). The lowest BCUT2D eigenvalue weighted by Gasteiger charge is -2.11. The molecule has 2 N–H and O–H groups in total. The van der Waals surface area contributed by atoms with Crippen molar-refractivity contribution in [1.82, 2.24) is 0 Å². The molecule has 0 unspecified atom stereocenters. The lowest BCUT2D eigenvalue weighted by atomic mass is 10.1. The number of hydrogen-bond donors (Lipinski definition) is 1. The topological polar surface area (TPSA) is 44.5 Å². The first-order chi connectivity index (χ1) is 10.1. The summed E-state index contributed by atoms with van der Waals surface area (Å²) < 4.78 is 11.8. The van der Waals surface area contributed by atoms with Crippen LogP contribution < -0.4 is 10.5 Å². The Morgan fingerprint density at radius 2 is 1.90 bits per heavy atom. The molecule has 0 heterocycles. The molecule has 0 fully saturated rings. The van der Waals surface area contributed by atoms with Crippen LogP contribution in [0.4, 0.5) is 0 Å². The summed E-state index contributed by atoms with van der Waals surface area (Å²) in [6.45, 7) is 0.707. The fourth-order valence-electron chi connectivity index (χ4n) is 1.85.